The fourth-order valence-corrected chi connectivity index (χ4v) is 2.90. The predicted molar refractivity (Wildman–Crippen MR) is 84.2 cm³/mol. The molecule has 0 amide bonds. The normalized spacial score (nSPS) is 13.8. The van der Waals surface area contributed by atoms with Crippen molar-refractivity contribution in [1.29, 1.82) is 0 Å². The molecule has 3 heteroatoms. The molecule has 0 aliphatic rings. The summed E-state index contributed by atoms with van der Waals surface area (Å²) in [5.41, 5.74) is 1.44. The van der Waals surface area contributed by atoms with Crippen LogP contribution in [0, 0.1) is 0 Å². The fraction of sp³-hybridized carbons (Fsp3) is 0.625. The Kier molecular flexibility index (Phi) is 6.21. The van der Waals surface area contributed by atoms with Gasteiger partial charge in [-0.2, -0.15) is 0 Å². The minimum Gasteiger partial charge on any atom is -0.315 e. The zero-order chi connectivity index (χ0) is 14.5. The van der Waals surface area contributed by atoms with Gasteiger partial charge in [0.15, 0.2) is 0 Å². The third kappa shape index (κ3) is 5.87. The molecular formula is C16H27NOS. The molecule has 0 aliphatic heterocycles. The van der Waals surface area contributed by atoms with Gasteiger partial charge in [-0.05, 0) is 36.1 Å². The molecule has 2 nitrogen and oxygen atoms in total. The largest absolute Gasteiger partial charge is 0.315 e. The first-order chi connectivity index (χ1) is 8.80. The average molecular weight is 281 g/mol. The quantitative estimate of drug-likeness (QED) is 0.809. The maximum absolute atomic E-state index is 12.1. The molecule has 0 fully saturated rings. The molecule has 0 aromatic heterocycles. The van der Waals surface area contributed by atoms with Crippen LogP contribution >= 0.6 is 0 Å². The van der Waals surface area contributed by atoms with E-state index in [1.807, 2.05) is 12.1 Å². The Morgan fingerprint density at radius 2 is 1.74 bits per heavy atom. The molecular weight excluding hydrogens is 254 g/mol. The standard InChI is InChI=1S/C16H27NOS/c1-13(2)17-11-6-12-19(18)15-9-7-14(8-10-15)16(3,4)5/h7-10,13,17H,6,11-12H2,1-5H3. The number of hydrogen-bond acceptors (Lipinski definition) is 2. The van der Waals surface area contributed by atoms with Gasteiger partial charge < -0.3 is 5.32 Å². The van der Waals surface area contributed by atoms with Crippen LogP contribution in [-0.4, -0.2) is 22.5 Å². The van der Waals surface area contributed by atoms with E-state index >= 15 is 0 Å². The van der Waals surface area contributed by atoms with Crippen LogP contribution in [0.15, 0.2) is 29.2 Å². The van der Waals surface area contributed by atoms with Gasteiger partial charge in [0.1, 0.15) is 0 Å². The van der Waals surface area contributed by atoms with Crippen molar-refractivity contribution >= 4 is 10.8 Å². The van der Waals surface area contributed by atoms with Crippen molar-refractivity contribution in [2.75, 3.05) is 12.3 Å². The molecule has 0 saturated carbocycles. The second kappa shape index (κ2) is 7.20. The molecule has 0 bridgehead atoms. The van der Waals surface area contributed by atoms with Crippen LogP contribution in [0.4, 0.5) is 0 Å². The van der Waals surface area contributed by atoms with Gasteiger partial charge in [-0.3, -0.25) is 4.21 Å². The topological polar surface area (TPSA) is 29.1 Å². The highest BCUT2D eigenvalue weighted by molar-refractivity contribution is 7.85. The Morgan fingerprint density at radius 1 is 1.16 bits per heavy atom. The molecule has 0 saturated heterocycles. The summed E-state index contributed by atoms with van der Waals surface area (Å²) < 4.78 is 12.1. The van der Waals surface area contributed by atoms with Gasteiger partial charge in [-0.25, -0.2) is 0 Å². The molecule has 1 rings (SSSR count). The third-order valence-electron chi connectivity index (χ3n) is 3.04. The number of rotatable bonds is 6. The Morgan fingerprint density at radius 3 is 2.21 bits per heavy atom. The highest BCUT2D eigenvalue weighted by Gasteiger charge is 2.13. The second-order valence-electron chi connectivity index (χ2n) is 6.29. The summed E-state index contributed by atoms with van der Waals surface area (Å²) in [5.74, 6) is 0.731. The Labute approximate surface area is 120 Å². The van der Waals surface area contributed by atoms with Gasteiger partial charge in [-0.1, -0.05) is 46.8 Å². The van der Waals surface area contributed by atoms with Crippen LogP contribution in [0.5, 0.6) is 0 Å². The Bertz CT molecular complexity index is 404. The summed E-state index contributed by atoms with van der Waals surface area (Å²) >= 11 is 0. The van der Waals surface area contributed by atoms with Crippen molar-refractivity contribution in [1.82, 2.24) is 5.32 Å². The minimum atomic E-state index is -0.873. The maximum Gasteiger partial charge on any atom is 0.0529 e. The lowest BCUT2D eigenvalue weighted by Crippen LogP contribution is -2.24. The molecule has 0 aliphatic carbocycles. The van der Waals surface area contributed by atoms with Gasteiger partial charge in [0.05, 0.1) is 10.8 Å². The zero-order valence-electron chi connectivity index (χ0n) is 12.8. The fourth-order valence-electron chi connectivity index (χ4n) is 1.82. The SMILES string of the molecule is CC(C)NCCCS(=O)c1ccc(C(C)(C)C)cc1. The lowest BCUT2D eigenvalue weighted by molar-refractivity contribution is 0.583. The molecule has 0 radical (unpaired) electrons. The molecule has 0 heterocycles. The van der Waals surface area contributed by atoms with E-state index in [1.165, 1.54) is 5.56 Å². The van der Waals surface area contributed by atoms with Crippen molar-refractivity contribution < 1.29 is 4.21 Å². The lowest BCUT2D eigenvalue weighted by Gasteiger charge is -2.19. The Hall–Kier alpha value is -0.670. The van der Waals surface area contributed by atoms with Crippen molar-refractivity contribution in [3.63, 3.8) is 0 Å². The summed E-state index contributed by atoms with van der Waals surface area (Å²) in [4.78, 5) is 0.942. The van der Waals surface area contributed by atoms with E-state index in [4.69, 9.17) is 0 Å². The van der Waals surface area contributed by atoms with Crippen molar-refractivity contribution in [2.45, 2.75) is 57.4 Å². The van der Waals surface area contributed by atoms with E-state index in [0.717, 1.165) is 23.6 Å². The highest BCUT2D eigenvalue weighted by atomic mass is 32.2. The zero-order valence-corrected chi connectivity index (χ0v) is 13.6. The van der Waals surface area contributed by atoms with Gasteiger partial charge in [-0.15, -0.1) is 0 Å². The van der Waals surface area contributed by atoms with Crippen molar-refractivity contribution in [2.24, 2.45) is 0 Å². The summed E-state index contributed by atoms with van der Waals surface area (Å²) in [7, 11) is -0.873. The first-order valence-corrected chi connectivity index (χ1v) is 8.35. The summed E-state index contributed by atoms with van der Waals surface area (Å²) in [6, 6.07) is 8.71. The molecule has 0 spiro atoms. The lowest BCUT2D eigenvalue weighted by atomic mass is 9.87. The predicted octanol–water partition coefficient (Wildman–Crippen LogP) is 3.48. The first kappa shape index (κ1) is 16.4. The number of benzene rings is 1. The molecule has 1 N–H and O–H groups in total. The maximum atomic E-state index is 12.1. The van der Waals surface area contributed by atoms with Crippen LogP contribution in [0.25, 0.3) is 0 Å². The van der Waals surface area contributed by atoms with Gasteiger partial charge in [0.25, 0.3) is 0 Å². The summed E-state index contributed by atoms with van der Waals surface area (Å²) in [6.07, 6.45) is 0.950. The minimum absolute atomic E-state index is 0.154. The molecule has 1 unspecified atom stereocenters. The van der Waals surface area contributed by atoms with Crippen LogP contribution in [0.3, 0.4) is 0 Å². The van der Waals surface area contributed by atoms with Gasteiger partial charge in [0.2, 0.25) is 0 Å². The Balaban J connectivity index is 2.49. The number of nitrogens with one attached hydrogen (secondary N) is 1. The van der Waals surface area contributed by atoms with E-state index in [0.29, 0.717) is 6.04 Å². The van der Waals surface area contributed by atoms with Crippen LogP contribution in [-0.2, 0) is 16.2 Å². The second-order valence-corrected chi connectivity index (χ2v) is 7.86. The summed E-state index contributed by atoms with van der Waals surface area (Å²) in [5, 5.41) is 3.35. The molecule has 108 valence electrons. The van der Waals surface area contributed by atoms with E-state index in [9.17, 15) is 4.21 Å². The monoisotopic (exact) mass is 281 g/mol. The average Bonchev–Trinajstić information content (AvgIpc) is 2.33. The van der Waals surface area contributed by atoms with Crippen LogP contribution in [0.2, 0.25) is 0 Å². The van der Waals surface area contributed by atoms with E-state index in [2.05, 4.69) is 52.1 Å². The summed E-state index contributed by atoms with van der Waals surface area (Å²) in [6.45, 7) is 11.8. The molecule has 1 atom stereocenters. The first-order valence-electron chi connectivity index (χ1n) is 7.03. The van der Waals surface area contributed by atoms with Crippen molar-refractivity contribution in [3.05, 3.63) is 29.8 Å². The van der Waals surface area contributed by atoms with Gasteiger partial charge in [0, 0.05) is 16.7 Å². The van der Waals surface area contributed by atoms with Crippen molar-refractivity contribution in [3.8, 4) is 0 Å². The molecule has 19 heavy (non-hydrogen) atoms. The van der Waals surface area contributed by atoms with Gasteiger partial charge >= 0.3 is 0 Å². The molecule has 1 aromatic carbocycles. The van der Waals surface area contributed by atoms with E-state index < -0.39 is 10.8 Å². The smallest absolute Gasteiger partial charge is 0.0529 e. The van der Waals surface area contributed by atoms with E-state index in [-0.39, 0.29) is 5.41 Å². The highest BCUT2D eigenvalue weighted by Crippen LogP contribution is 2.23. The van der Waals surface area contributed by atoms with E-state index in [1.54, 1.807) is 0 Å². The third-order valence-corrected chi connectivity index (χ3v) is 4.50. The van der Waals surface area contributed by atoms with Crippen LogP contribution in [0.1, 0.15) is 46.6 Å². The number of hydrogen-bond donors (Lipinski definition) is 1. The molecule has 1 aromatic rings. The van der Waals surface area contributed by atoms with Crippen LogP contribution < -0.4 is 5.32 Å².